The van der Waals surface area contributed by atoms with Crippen molar-refractivity contribution in [3.63, 3.8) is 0 Å². The molecule has 0 aliphatic carbocycles. The second-order valence-corrected chi connectivity index (χ2v) is 6.02. The first-order valence-electron chi connectivity index (χ1n) is 7.54. The minimum Gasteiger partial charge on any atom is -0.481 e. The first kappa shape index (κ1) is 17.4. The lowest BCUT2D eigenvalue weighted by molar-refractivity contribution is -0.384. The van der Waals surface area contributed by atoms with E-state index >= 15 is 0 Å². The van der Waals surface area contributed by atoms with Gasteiger partial charge < -0.3 is 10.4 Å². The van der Waals surface area contributed by atoms with Crippen LogP contribution in [0, 0.1) is 10.1 Å². The van der Waals surface area contributed by atoms with Gasteiger partial charge in [0.25, 0.3) is 5.69 Å². The lowest BCUT2D eigenvalue weighted by Gasteiger charge is -2.03. The number of non-ortho nitro benzene ring substituents is 1. The number of hydrogen-bond acceptors (Lipinski definition) is 8. The molecular formula is C16H13N5O4S. The fourth-order valence-electron chi connectivity index (χ4n) is 2.17. The summed E-state index contributed by atoms with van der Waals surface area (Å²) in [7, 11) is 0. The fraction of sp³-hybridized carbons (Fsp3) is 0.125. The second-order valence-electron chi connectivity index (χ2n) is 5.26. The molecule has 0 spiro atoms. The molecule has 0 fully saturated rings. The molecule has 0 unspecified atom stereocenters. The summed E-state index contributed by atoms with van der Waals surface area (Å²) in [5.41, 5.74) is 1.99. The van der Waals surface area contributed by atoms with Crippen molar-refractivity contribution in [2.45, 2.75) is 6.42 Å². The van der Waals surface area contributed by atoms with E-state index in [9.17, 15) is 14.9 Å². The number of nitrogens with zero attached hydrogens (tertiary/aromatic N) is 4. The molecule has 132 valence electrons. The Balaban J connectivity index is 1.73. The largest absolute Gasteiger partial charge is 0.481 e. The topological polar surface area (TPSA) is 130 Å². The van der Waals surface area contributed by atoms with Crippen molar-refractivity contribution < 1.29 is 14.8 Å². The third-order valence-corrected chi connectivity index (χ3v) is 4.21. The normalized spacial score (nSPS) is 11.1. The number of aromatic nitrogens is 1. The molecule has 2 N–H and O–H groups in total. The number of hydrogen-bond donors (Lipinski definition) is 2. The Bertz CT molecular complexity index is 984. The van der Waals surface area contributed by atoms with Crippen LogP contribution < -0.4 is 5.32 Å². The Morgan fingerprint density at radius 1 is 1.23 bits per heavy atom. The highest BCUT2D eigenvalue weighted by Crippen LogP contribution is 2.34. The lowest BCUT2D eigenvalue weighted by atomic mass is 10.2. The van der Waals surface area contributed by atoms with Gasteiger partial charge in [-0.2, -0.15) is 4.37 Å². The van der Waals surface area contributed by atoms with Crippen LogP contribution in [0.2, 0.25) is 0 Å². The average Bonchev–Trinajstić information content (AvgIpc) is 3.03. The average molecular weight is 371 g/mol. The van der Waals surface area contributed by atoms with E-state index in [0.717, 1.165) is 17.2 Å². The molecule has 26 heavy (non-hydrogen) atoms. The van der Waals surface area contributed by atoms with E-state index in [1.54, 1.807) is 30.3 Å². The molecule has 0 aliphatic heterocycles. The smallest absolute Gasteiger partial charge is 0.305 e. The maximum atomic E-state index is 10.9. The van der Waals surface area contributed by atoms with Crippen molar-refractivity contribution in [3.05, 3.63) is 52.6 Å². The van der Waals surface area contributed by atoms with Crippen LogP contribution in [0.1, 0.15) is 6.42 Å². The maximum absolute atomic E-state index is 10.9. The zero-order valence-electron chi connectivity index (χ0n) is 13.3. The Labute approximate surface area is 151 Å². The molecule has 0 saturated heterocycles. The lowest BCUT2D eigenvalue weighted by Crippen LogP contribution is -2.07. The van der Waals surface area contributed by atoms with Gasteiger partial charge in [0.05, 0.1) is 22.5 Å². The molecule has 0 radical (unpaired) electrons. The number of nitrogens with one attached hydrogen (secondary N) is 1. The summed E-state index contributed by atoms with van der Waals surface area (Å²) in [6, 6.07) is 11.4. The van der Waals surface area contributed by atoms with Gasteiger partial charge in [-0.3, -0.25) is 14.9 Å². The van der Waals surface area contributed by atoms with Crippen LogP contribution in [0.5, 0.6) is 0 Å². The summed E-state index contributed by atoms with van der Waals surface area (Å²) in [4.78, 5) is 20.9. The summed E-state index contributed by atoms with van der Waals surface area (Å²) in [6.07, 6.45) is 0.0338. The third-order valence-electron chi connectivity index (χ3n) is 3.44. The zero-order valence-corrected chi connectivity index (χ0v) is 14.1. The first-order valence-corrected chi connectivity index (χ1v) is 8.31. The Hall–Kier alpha value is -3.40. The Morgan fingerprint density at radius 2 is 2.00 bits per heavy atom. The fourth-order valence-corrected chi connectivity index (χ4v) is 2.85. The molecule has 1 heterocycles. The Kier molecular flexibility index (Phi) is 5.13. The molecule has 2 aromatic carbocycles. The van der Waals surface area contributed by atoms with E-state index in [1.807, 2.05) is 0 Å². The summed E-state index contributed by atoms with van der Waals surface area (Å²) in [6.45, 7) is 0.335. The number of carboxylic acids is 1. The minimum absolute atomic E-state index is 0.0223. The van der Waals surface area contributed by atoms with Gasteiger partial charge in [-0.25, -0.2) is 0 Å². The van der Waals surface area contributed by atoms with Crippen molar-refractivity contribution in [2.24, 2.45) is 10.2 Å². The van der Waals surface area contributed by atoms with E-state index in [-0.39, 0.29) is 12.1 Å². The number of nitro benzene ring substituents is 1. The predicted octanol–water partition coefficient (Wildman–Crippen LogP) is 4.51. The van der Waals surface area contributed by atoms with Crippen molar-refractivity contribution in [2.75, 3.05) is 11.9 Å². The minimum atomic E-state index is -0.861. The molecule has 0 aliphatic rings. The van der Waals surface area contributed by atoms with Gasteiger partial charge in [-0.1, -0.05) is 0 Å². The van der Waals surface area contributed by atoms with Crippen LogP contribution in [-0.2, 0) is 4.79 Å². The molecule has 0 bridgehead atoms. The monoisotopic (exact) mass is 371 g/mol. The van der Waals surface area contributed by atoms with Crippen molar-refractivity contribution >= 4 is 50.5 Å². The third kappa shape index (κ3) is 4.16. The standard InChI is InChI=1S/C16H13N5O4S/c22-15(23)7-8-17-10-1-3-11(4-2-10)18-19-16-13-9-12(21(24)25)5-6-14(13)20-26-16/h1-6,9,17H,7-8H2,(H,22,23). The molecule has 3 aromatic rings. The number of anilines is 1. The van der Waals surface area contributed by atoms with Gasteiger partial charge in [0.15, 0.2) is 5.00 Å². The van der Waals surface area contributed by atoms with E-state index in [1.165, 1.54) is 12.1 Å². The highest BCUT2D eigenvalue weighted by atomic mass is 32.1. The molecule has 0 amide bonds. The predicted molar refractivity (Wildman–Crippen MR) is 97.6 cm³/mol. The number of rotatable bonds is 7. The maximum Gasteiger partial charge on any atom is 0.305 e. The van der Waals surface area contributed by atoms with E-state index in [4.69, 9.17) is 5.11 Å². The van der Waals surface area contributed by atoms with Gasteiger partial charge in [0.1, 0.15) is 0 Å². The number of benzene rings is 2. The number of carbonyl (C=O) groups is 1. The highest BCUT2D eigenvalue weighted by molar-refractivity contribution is 7.11. The van der Waals surface area contributed by atoms with Crippen molar-refractivity contribution in [3.8, 4) is 0 Å². The van der Waals surface area contributed by atoms with Crippen LogP contribution in [0.25, 0.3) is 10.9 Å². The quantitative estimate of drug-likeness (QED) is 0.357. The van der Waals surface area contributed by atoms with Crippen LogP contribution in [0.4, 0.5) is 22.1 Å². The summed E-state index contributed by atoms with van der Waals surface area (Å²) < 4.78 is 4.20. The molecular weight excluding hydrogens is 358 g/mol. The Morgan fingerprint density at radius 3 is 2.69 bits per heavy atom. The van der Waals surface area contributed by atoms with E-state index < -0.39 is 10.9 Å². The highest BCUT2D eigenvalue weighted by Gasteiger charge is 2.11. The van der Waals surface area contributed by atoms with Gasteiger partial charge in [0, 0.05) is 29.8 Å². The van der Waals surface area contributed by atoms with Crippen molar-refractivity contribution in [1.82, 2.24) is 4.37 Å². The SMILES string of the molecule is O=C(O)CCNc1ccc(N=Nc2snc3ccc([N+](=O)[O-])cc23)cc1. The van der Waals surface area contributed by atoms with Gasteiger partial charge in [-0.05, 0) is 41.9 Å². The van der Waals surface area contributed by atoms with Gasteiger partial charge >= 0.3 is 5.97 Å². The summed E-state index contributed by atoms with van der Waals surface area (Å²) in [5, 5.41) is 31.8. The molecule has 1 aromatic heterocycles. The number of azo groups is 1. The van der Waals surface area contributed by atoms with Crippen LogP contribution >= 0.6 is 11.5 Å². The summed E-state index contributed by atoms with van der Waals surface area (Å²) in [5.74, 6) is -0.861. The molecule has 3 rings (SSSR count). The number of aliphatic carboxylic acids is 1. The van der Waals surface area contributed by atoms with Gasteiger partial charge in [-0.15, -0.1) is 10.2 Å². The number of fused-ring (bicyclic) bond motifs is 1. The van der Waals surface area contributed by atoms with Crippen LogP contribution in [0.3, 0.4) is 0 Å². The zero-order chi connectivity index (χ0) is 18.5. The molecule has 0 saturated carbocycles. The van der Waals surface area contributed by atoms with Crippen LogP contribution in [-0.4, -0.2) is 26.9 Å². The van der Waals surface area contributed by atoms with Gasteiger partial charge in [0.2, 0.25) is 0 Å². The number of nitro groups is 1. The second kappa shape index (κ2) is 7.66. The first-order chi connectivity index (χ1) is 12.5. The molecule has 9 nitrogen and oxygen atoms in total. The van der Waals surface area contributed by atoms with Crippen LogP contribution in [0.15, 0.2) is 52.7 Å². The molecule has 10 heteroatoms. The van der Waals surface area contributed by atoms with E-state index in [0.29, 0.717) is 28.1 Å². The van der Waals surface area contributed by atoms with Crippen molar-refractivity contribution in [1.29, 1.82) is 0 Å². The van der Waals surface area contributed by atoms with E-state index in [2.05, 4.69) is 19.9 Å². The molecule has 0 atom stereocenters. The summed E-state index contributed by atoms with van der Waals surface area (Å²) >= 11 is 1.12. The number of carboxylic acid groups (broad SMARTS) is 1.